The van der Waals surface area contributed by atoms with Crippen molar-refractivity contribution < 1.29 is 14.3 Å². The topological polar surface area (TPSA) is 50.8 Å². The molecule has 0 bridgehead atoms. The van der Waals surface area contributed by atoms with Crippen molar-refractivity contribution in [3.63, 3.8) is 0 Å². The van der Waals surface area contributed by atoms with E-state index in [-0.39, 0.29) is 18.0 Å². The lowest BCUT2D eigenvalue weighted by atomic mass is 10.0. The number of nitrogens with zero attached hydrogens (tertiary/aromatic N) is 1. The molecule has 5 heteroatoms. The molecular formula is C25H32N2O3. The highest BCUT2D eigenvalue weighted by Crippen LogP contribution is 2.37. The first kappa shape index (κ1) is 20.7. The van der Waals surface area contributed by atoms with Gasteiger partial charge in [0.2, 0.25) is 5.91 Å². The maximum atomic E-state index is 12.8. The van der Waals surface area contributed by atoms with E-state index in [1.807, 2.05) is 13.0 Å². The maximum Gasteiger partial charge on any atom is 0.234 e. The number of amides is 1. The zero-order chi connectivity index (χ0) is 21.1. The minimum absolute atomic E-state index is 0.00380. The Morgan fingerprint density at radius 1 is 1.07 bits per heavy atom. The molecule has 5 nitrogen and oxygen atoms in total. The Bertz CT molecular complexity index is 911. The fourth-order valence-electron chi connectivity index (χ4n) is 4.37. The maximum absolute atomic E-state index is 12.8. The fourth-order valence-corrected chi connectivity index (χ4v) is 4.37. The lowest BCUT2D eigenvalue weighted by Crippen LogP contribution is -2.38. The number of aryl methyl sites for hydroxylation is 2. The Kier molecular flexibility index (Phi) is 6.28. The van der Waals surface area contributed by atoms with Crippen LogP contribution in [-0.2, 0) is 4.79 Å². The minimum Gasteiger partial charge on any atom is -0.490 e. The number of benzene rings is 2. The van der Waals surface area contributed by atoms with Gasteiger partial charge in [-0.3, -0.25) is 9.69 Å². The highest BCUT2D eigenvalue weighted by molar-refractivity contribution is 5.78. The lowest BCUT2D eigenvalue weighted by Gasteiger charge is -2.26. The number of ether oxygens (including phenoxy) is 2. The number of nitrogens with one attached hydrogen (secondary N) is 1. The summed E-state index contributed by atoms with van der Waals surface area (Å²) >= 11 is 0. The van der Waals surface area contributed by atoms with Crippen molar-refractivity contribution in [1.29, 1.82) is 0 Å². The SMILES string of the molecule is Cc1ccc([C@H](C)NC(=O)CN2CCC[C@H]2c2ccc3c(c2)OCCCO3)cc1C. The van der Waals surface area contributed by atoms with Crippen LogP contribution in [0.3, 0.4) is 0 Å². The number of rotatable bonds is 5. The molecule has 1 fully saturated rings. The van der Waals surface area contributed by atoms with E-state index in [2.05, 4.69) is 54.4 Å². The fraction of sp³-hybridized carbons (Fsp3) is 0.480. The van der Waals surface area contributed by atoms with Crippen molar-refractivity contribution in [2.75, 3.05) is 26.3 Å². The summed E-state index contributed by atoms with van der Waals surface area (Å²) in [5.74, 6) is 1.72. The predicted octanol–water partition coefficient (Wildman–Crippen LogP) is 4.48. The van der Waals surface area contributed by atoms with Gasteiger partial charge in [-0.25, -0.2) is 0 Å². The number of carbonyl (C=O) groups is 1. The zero-order valence-electron chi connectivity index (χ0n) is 18.2. The van der Waals surface area contributed by atoms with Gasteiger partial charge in [0.15, 0.2) is 11.5 Å². The molecule has 0 unspecified atom stereocenters. The number of likely N-dealkylation sites (tertiary alicyclic amines) is 1. The standard InChI is InChI=1S/C25H32N2O3/c1-17-7-8-20(14-18(17)2)19(3)26-25(28)16-27-11-4-6-22(27)21-9-10-23-24(15-21)30-13-5-12-29-23/h7-10,14-15,19,22H,4-6,11-13,16H2,1-3H3,(H,26,28)/t19-,22-/m0/s1. The summed E-state index contributed by atoms with van der Waals surface area (Å²) in [5.41, 5.74) is 4.87. The van der Waals surface area contributed by atoms with E-state index >= 15 is 0 Å². The molecule has 2 atom stereocenters. The molecule has 1 amide bonds. The quantitative estimate of drug-likeness (QED) is 0.793. The summed E-state index contributed by atoms with van der Waals surface area (Å²) in [6, 6.07) is 12.8. The van der Waals surface area contributed by atoms with E-state index in [4.69, 9.17) is 9.47 Å². The van der Waals surface area contributed by atoms with Crippen LogP contribution in [0, 0.1) is 13.8 Å². The molecular weight excluding hydrogens is 376 g/mol. The molecule has 1 saturated heterocycles. The van der Waals surface area contributed by atoms with Crippen LogP contribution in [0.1, 0.15) is 60.5 Å². The van der Waals surface area contributed by atoms with Gasteiger partial charge in [-0.1, -0.05) is 24.3 Å². The van der Waals surface area contributed by atoms with E-state index in [1.54, 1.807) is 0 Å². The van der Waals surface area contributed by atoms with Gasteiger partial charge in [-0.2, -0.15) is 0 Å². The monoisotopic (exact) mass is 408 g/mol. The van der Waals surface area contributed by atoms with Crippen molar-refractivity contribution >= 4 is 5.91 Å². The summed E-state index contributed by atoms with van der Waals surface area (Å²) in [5, 5.41) is 3.17. The van der Waals surface area contributed by atoms with Crippen LogP contribution in [0.2, 0.25) is 0 Å². The van der Waals surface area contributed by atoms with Crippen molar-refractivity contribution in [3.05, 3.63) is 58.7 Å². The molecule has 160 valence electrons. The summed E-state index contributed by atoms with van der Waals surface area (Å²) in [6.07, 6.45) is 3.05. The second-order valence-electron chi connectivity index (χ2n) is 8.52. The average molecular weight is 409 g/mol. The Labute approximate surface area is 179 Å². The van der Waals surface area contributed by atoms with Crippen LogP contribution in [0.5, 0.6) is 11.5 Å². The molecule has 0 spiro atoms. The van der Waals surface area contributed by atoms with Crippen molar-refractivity contribution in [2.45, 2.75) is 52.1 Å². The van der Waals surface area contributed by atoms with Gasteiger partial charge in [0.05, 0.1) is 25.8 Å². The molecule has 0 saturated carbocycles. The van der Waals surface area contributed by atoms with Gasteiger partial charge >= 0.3 is 0 Å². The average Bonchev–Trinajstić information content (AvgIpc) is 3.05. The summed E-state index contributed by atoms with van der Waals surface area (Å²) in [6.45, 7) is 8.99. The third-order valence-electron chi connectivity index (χ3n) is 6.28. The number of hydrogen-bond acceptors (Lipinski definition) is 4. The first-order chi connectivity index (χ1) is 14.5. The molecule has 30 heavy (non-hydrogen) atoms. The number of carbonyl (C=O) groups excluding carboxylic acids is 1. The van der Waals surface area contributed by atoms with Crippen LogP contribution in [0.4, 0.5) is 0 Å². The largest absolute Gasteiger partial charge is 0.490 e. The smallest absolute Gasteiger partial charge is 0.234 e. The van der Waals surface area contributed by atoms with Crippen LogP contribution in [0.15, 0.2) is 36.4 Å². The Morgan fingerprint density at radius 2 is 1.87 bits per heavy atom. The number of hydrogen-bond donors (Lipinski definition) is 1. The Morgan fingerprint density at radius 3 is 2.67 bits per heavy atom. The van der Waals surface area contributed by atoms with Gasteiger partial charge < -0.3 is 14.8 Å². The van der Waals surface area contributed by atoms with Gasteiger partial charge in [0.25, 0.3) is 0 Å². The second-order valence-corrected chi connectivity index (χ2v) is 8.52. The molecule has 0 aliphatic carbocycles. The zero-order valence-corrected chi connectivity index (χ0v) is 18.2. The van der Waals surface area contributed by atoms with Crippen molar-refractivity contribution in [3.8, 4) is 11.5 Å². The van der Waals surface area contributed by atoms with E-state index in [9.17, 15) is 4.79 Å². The van der Waals surface area contributed by atoms with Crippen LogP contribution >= 0.6 is 0 Å². The molecule has 2 aromatic carbocycles. The second kappa shape index (κ2) is 9.09. The highest BCUT2D eigenvalue weighted by Gasteiger charge is 2.29. The third kappa shape index (κ3) is 4.62. The normalized spacial score (nSPS) is 19.9. The van der Waals surface area contributed by atoms with Gasteiger partial charge in [0, 0.05) is 12.5 Å². The Hall–Kier alpha value is -2.53. The van der Waals surface area contributed by atoms with Gasteiger partial charge in [0.1, 0.15) is 0 Å². The van der Waals surface area contributed by atoms with Crippen LogP contribution < -0.4 is 14.8 Å². The van der Waals surface area contributed by atoms with Gasteiger partial charge in [-0.05, 0) is 74.5 Å². The highest BCUT2D eigenvalue weighted by atomic mass is 16.5. The molecule has 0 aromatic heterocycles. The third-order valence-corrected chi connectivity index (χ3v) is 6.28. The molecule has 2 aliphatic heterocycles. The molecule has 2 aromatic rings. The molecule has 1 N–H and O–H groups in total. The lowest BCUT2D eigenvalue weighted by molar-refractivity contribution is -0.123. The summed E-state index contributed by atoms with van der Waals surface area (Å²) in [4.78, 5) is 15.1. The van der Waals surface area contributed by atoms with Crippen LogP contribution in [-0.4, -0.2) is 37.1 Å². The summed E-state index contributed by atoms with van der Waals surface area (Å²) < 4.78 is 11.6. The van der Waals surface area contributed by atoms with E-state index < -0.39 is 0 Å². The van der Waals surface area contributed by atoms with E-state index in [0.29, 0.717) is 19.8 Å². The number of fused-ring (bicyclic) bond motifs is 1. The van der Waals surface area contributed by atoms with Crippen molar-refractivity contribution in [2.24, 2.45) is 0 Å². The first-order valence-electron chi connectivity index (χ1n) is 11.0. The summed E-state index contributed by atoms with van der Waals surface area (Å²) in [7, 11) is 0. The van der Waals surface area contributed by atoms with E-state index in [1.165, 1.54) is 16.7 Å². The molecule has 4 rings (SSSR count). The molecule has 2 aliphatic rings. The predicted molar refractivity (Wildman–Crippen MR) is 118 cm³/mol. The molecule has 0 radical (unpaired) electrons. The van der Waals surface area contributed by atoms with Crippen molar-refractivity contribution in [1.82, 2.24) is 10.2 Å². The first-order valence-corrected chi connectivity index (χ1v) is 11.0. The van der Waals surface area contributed by atoms with E-state index in [0.717, 1.165) is 42.9 Å². The Balaban J connectivity index is 1.40. The molecule has 2 heterocycles. The van der Waals surface area contributed by atoms with Crippen LogP contribution in [0.25, 0.3) is 0 Å². The van der Waals surface area contributed by atoms with Gasteiger partial charge in [-0.15, -0.1) is 0 Å². The minimum atomic E-state index is -0.00380.